The molecule has 5 heteroatoms. The highest BCUT2D eigenvalue weighted by atomic mass is 19.1. The Balaban J connectivity index is 1.90. The summed E-state index contributed by atoms with van der Waals surface area (Å²) in [5.41, 5.74) is 3.55. The Morgan fingerprint density at radius 3 is 2.58 bits per heavy atom. The summed E-state index contributed by atoms with van der Waals surface area (Å²) in [6.07, 6.45) is 0.301. The number of carbonyl (C=O) groups excluding carboxylic acids is 1. The zero-order valence-corrected chi connectivity index (χ0v) is 11.0. The lowest BCUT2D eigenvalue weighted by Gasteiger charge is -2.05. The molecular weight excluding hydrogens is 245 g/mol. The topological polar surface area (TPSA) is 57.8 Å². The maximum Gasteiger partial charge on any atom is 0.224 e. The van der Waals surface area contributed by atoms with Crippen molar-refractivity contribution >= 4 is 5.91 Å². The van der Waals surface area contributed by atoms with Crippen molar-refractivity contribution in [3.63, 3.8) is 0 Å². The van der Waals surface area contributed by atoms with Crippen molar-refractivity contribution in [2.75, 3.05) is 0 Å². The van der Waals surface area contributed by atoms with Gasteiger partial charge in [-0.3, -0.25) is 9.89 Å². The molecule has 0 saturated heterocycles. The lowest BCUT2D eigenvalue weighted by molar-refractivity contribution is -0.120. The highest BCUT2D eigenvalue weighted by Crippen LogP contribution is 2.10. The third kappa shape index (κ3) is 3.40. The number of aromatic amines is 1. The van der Waals surface area contributed by atoms with Crippen molar-refractivity contribution in [1.82, 2.24) is 15.5 Å². The Hall–Kier alpha value is -2.17. The molecule has 0 atom stereocenters. The number of carbonyl (C=O) groups is 1. The van der Waals surface area contributed by atoms with E-state index in [1.807, 2.05) is 13.8 Å². The van der Waals surface area contributed by atoms with Crippen molar-refractivity contribution in [2.24, 2.45) is 0 Å². The molecule has 1 aromatic carbocycles. The monoisotopic (exact) mass is 261 g/mol. The van der Waals surface area contributed by atoms with Crippen molar-refractivity contribution in [3.05, 3.63) is 52.6 Å². The first kappa shape index (κ1) is 13.3. The van der Waals surface area contributed by atoms with E-state index in [0.717, 1.165) is 22.5 Å². The zero-order valence-electron chi connectivity index (χ0n) is 11.0. The van der Waals surface area contributed by atoms with Gasteiger partial charge in [-0.1, -0.05) is 12.1 Å². The van der Waals surface area contributed by atoms with Crippen molar-refractivity contribution < 1.29 is 9.18 Å². The average molecular weight is 261 g/mol. The van der Waals surface area contributed by atoms with Crippen molar-refractivity contribution in [3.8, 4) is 0 Å². The third-order valence-electron chi connectivity index (χ3n) is 3.02. The van der Waals surface area contributed by atoms with Crippen LogP contribution in [0.4, 0.5) is 4.39 Å². The van der Waals surface area contributed by atoms with E-state index in [2.05, 4.69) is 15.5 Å². The van der Waals surface area contributed by atoms with E-state index in [-0.39, 0.29) is 11.7 Å². The van der Waals surface area contributed by atoms with Crippen LogP contribution in [0.15, 0.2) is 24.3 Å². The second-order valence-corrected chi connectivity index (χ2v) is 4.49. The van der Waals surface area contributed by atoms with Gasteiger partial charge in [0.05, 0.1) is 12.1 Å². The molecule has 2 rings (SSSR count). The molecule has 0 aliphatic rings. The molecule has 0 bridgehead atoms. The molecule has 0 spiro atoms. The van der Waals surface area contributed by atoms with Crippen LogP contribution in [0.2, 0.25) is 0 Å². The molecule has 1 aromatic heterocycles. The molecule has 2 aromatic rings. The number of aryl methyl sites for hydroxylation is 2. The smallest absolute Gasteiger partial charge is 0.224 e. The van der Waals surface area contributed by atoms with Crippen LogP contribution in [0.1, 0.15) is 22.5 Å². The van der Waals surface area contributed by atoms with Crippen molar-refractivity contribution in [1.29, 1.82) is 0 Å². The highest BCUT2D eigenvalue weighted by Gasteiger charge is 2.10. The lowest BCUT2D eigenvalue weighted by Crippen LogP contribution is -2.24. The van der Waals surface area contributed by atoms with Crippen LogP contribution in [0.3, 0.4) is 0 Å². The minimum atomic E-state index is -0.278. The standard InChI is InChI=1S/C14H16FN3O/c1-9-13(10(2)18-17-9)7-14(19)16-8-11-3-5-12(15)6-4-11/h3-6H,7-8H2,1-2H3,(H,16,19)(H,17,18). The molecular formula is C14H16FN3O. The first-order valence-electron chi connectivity index (χ1n) is 6.08. The Bertz CT molecular complexity index is 555. The van der Waals surface area contributed by atoms with Crippen LogP contribution < -0.4 is 5.32 Å². The number of hydrogen-bond acceptors (Lipinski definition) is 2. The Morgan fingerprint density at radius 2 is 2.00 bits per heavy atom. The van der Waals surface area contributed by atoms with Gasteiger partial charge in [0.15, 0.2) is 0 Å². The van der Waals surface area contributed by atoms with E-state index in [1.165, 1.54) is 12.1 Å². The molecule has 100 valence electrons. The summed E-state index contributed by atoms with van der Waals surface area (Å²) in [5, 5.41) is 9.71. The maximum absolute atomic E-state index is 12.7. The molecule has 2 N–H and O–H groups in total. The number of rotatable bonds is 4. The van der Waals surface area contributed by atoms with Crippen molar-refractivity contribution in [2.45, 2.75) is 26.8 Å². The molecule has 19 heavy (non-hydrogen) atoms. The number of H-pyrrole nitrogens is 1. The van der Waals surface area contributed by atoms with Crippen LogP contribution in [0.25, 0.3) is 0 Å². The first-order valence-corrected chi connectivity index (χ1v) is 6.08. The lowest BCUT2D eigenvalue weighted by atomic mass is 10.1. The van der Waals surface area contributed by atoms with Gasteiger partial charge in [0.2, 0.25) is 5.91 Å². The van der Waals surface area contributed by atoms with E-state index in [9.17, 15) is 9.18 Å². The van der Waals surface area contributed by atoms with Crippen LogP contribution in [-0.2, 0) is 17.8 Å². The maximum atomic E-state index is 12.7. The van der Waals surface area contributed by atoms with Gasteiger partial charge >= 0.3 is 0 Å². The van der Waals surface area contributed by atoms with E-state index >= 15 is 0 Å². The van der Waals surface area contributed by atoms with Gasteiger partial charge in [0, 0.05) is 17.8 Å². The molecule has 1 heterocycles. The van der Waals surface area contributed by atoms with E-state index in [1.54, 1.807) is 12.1 Å². The number of hydrogen-bond donors (Lipinski definition) is 2. The Morgan fingerprint density at radius 1 is 1.32 bits per heavy atom. The average Bonchev–Trinajstić information content (AvgIpc) is 2.70. The molecule has 0 unspecified atom stereocenters. The number of amides is 1. The van der Waals surface area contributed by atoms with Crippen LogP contribution >= 0.6 is 0 Å². The Kier molecular flexibility index (Phi) is 3.94. The molecule has 0 saturated carbocycles. The molecule has 4 nitrogen and oxygen atoms in total. The number of aromatic nitrogens is 2. The quantitative estimate of drug-likeness (QED) is 0.884. The number of nitrogens with zero attached hydrogens (tertiary/aromatic N) is 1. The van der Waals surface area contributed by atoms with Gasteiger partial charge in [0.1, 0.15) is 5.82 Å². The summed E-state index contributed by atoms with van der Waals surface area (Å²) in [6, 6.07) is 6.08. The number of benzene rings is 1. The van der Waals surface area contributed by atoms with E-state index in [0.29, 0.717) is 13.0 Å². The summed E-state index contributed by atoms with van der Waals surface area (Å²) in [5.74, 6) is -0.350. The van der Waals surface area contributed by atoms with Crippen LogP contribution in [0.5, 0.6) is 0 Å². The molecule has 1 amide bonds. The normalized spacial score (nSPS) is 10.5. The van der Waals surface area contributed by atoms with Gasteiger partial charge in [-0.2, -0.15) is 5.10 Å². The zero-order chi connectivity index (χ0) is 13.8. The SMILES string of the molecule is Cc1n[nH]c(C)c1CC(=O)NCc1ccc(F)cc1. The minimum Gasteiger partial charge on any atom is -0.352 e. The van der Waals surface area contributed by atoms with Gasteiger partial charge in [-0.15, -0.1) is 0 Å². The number of halogens is 1. The molecule has 0 fully saturated rings. The third-order valence-corrected chi connectivity index (χ3v) is 3.02. The summed E-state index contributed by atoms with van der Waals surface area (Å²) >= 11 is 0. The summed E-state index contributed by atoms with van der Waals surface area (Å²) < 4.78 is 12.7. The van der Waals surface area contributed by atoms with Gasteiger partial charge in [0.25, 0.3) is 0 Å². The second kappa shape index (κ2) is 5.65. The van der Waals surface area contributed by atoms with Gasteiger partial charge in [-0.05, 0) is 31.5 Å². The largest absolute Gasteiger partial charge is 0.352 e. The highest BCUT2D eigenvalue weighted by molar-refractivity contribution is 5.79. The predicted molar refractivity (Wildman–Crippen MR) is 70.0 cm³/mol. The fraction of sp³-hybridized carbons (Fsp3) is 0.286. The minimum absolute atomic E-state index is 0.0723. The van der Waals surface area contributed by atoms with Gasteiger partial charge < -0.3 is 5.32 Å². The molecule has 0 aliphatic carbocycles. The second-order valence-electron chi connectivity index (χ2n) is 4.49. The molecule has 0 radical (unpaired) electrons. The Labute approximate surface area is 111 Å². The van der Waals surface area contributed by atoms with E-state index < -0.39 is 0 Å². The van der Waals surface area contributed by atoms with Gasteiger partial charge in [-0.25, -0.2) is 4.39 Å². The fourth-order valence-corrected chi connectivity index (χ4v) is 1.86. The fourth-order valence-electron chi connectivity index (χ4n) is 1.86. The molecule has 0 aliphatic heterocycles. The van der Waals surface area contributed by atoms with Crippen LogP contribution in [-0.4, -0.2) is 16.1 Å². The summed E-state index contributed by atoms with van der Waals surface area (Å²) in [6.45, 7) is 4.16. The predicted octanol–water partition coefficient (Wildman–Crippen LogP) is 2.02. The van der Waals surface area contributed by atoms with Crippen LogP contribution in [0, 0.1) is 19.7 Å². The first-order chi connectivity index (χ1) is 9.06. The summed E-state index contributed by atoms with van der Waals surface area (Å²) in [4.78, 5) is 11.8. The van der Waals surface area contributed by atoms with E-state index in [4.69, 9.17) is 0 Å². The number of nitrogens with one attached hydrogen (secondary N) is 2. The summed E-state index contributed by atoms with van der Waals surface area (Å²) in [7, 11) is 0.